The average molecular weight is 424 g/mol. The minimum Gasteiger partial charge on any atom is -0.324 e. The fourth-order valence-corrected chi connectivity index (χ4v) is 4.23. The van der Waals surface area contributed by atoms with Gasteiger partial charge in [0.25, 0.3) is 5.56 Å². The molecule has 1 amide bonds. The number of carbonyl (C=O) groups is 1. The molecule has 2 aromatic heterocycles. The molecule has 0 aliphatic rings. The van der Waals surface area contributed by atoms with Crippen molar-refractivity contribution in [3.8, 4) is 10.4 Å². The number of hydrogen-bond donors (Lipinski definition) is 1. The number of anilines is 1. The molecule has 2 aromatic carbocycles. The first-order valence-electron chi connectivity index (χ1n) is 9.08. The first kappa shape index (κ1) is 19.4. The van der Waals surface area contributed by atoms with Gasteiger partial charge in [-0.05, 0) is 43.2 Å². The van der Waals surface area contributed by atoms with Gasteiger partial charge in [0, 0.05) is 15.6 Å². The number of carbonyl (C=O) groups excluding carboxylic acids is 1. The summed E-state index contributed by atoms with van der Waals surface area (Å²) in [6.07, 6.45) is 1.44. The molecule has 0 aliphatic heterocycles. The zero-order chi connectivity index (χ0) is 20.5. The maximum atomic E-state index is 13.0. The van der Waals surface area contributed by atoms with Crippen LogP contribution < -0.4 is 10.9 Å². The number of hydrogen-bond acceptors (Lipinski definition) is 4. The van der Waals surface area contributed by atoms with E-state index in [0.29, 0.717) is 20.9 Å². The highest BCUT2D eigenvalue weighted by molar-refractivity contribution is 7.21. The van der Waals surface area contributed by atoms with Gasteiger partial charge in [-0.2, -0.15) is 0 Å². The number of thiophene rings is 1. The van der Waals surface area contributed by atoms with Crippen LogP contribution in [0.1, 0.15) is 18.5 Å². The van der Waals surface area contributed by atoms with Crippen molar-refractivity contribution in [2.45, 2.75) is 19.9 Å². The van der Waals surface area contributed by atoms with Crippen LogP contribution in [0.5, 0.6) is 0 Å². The Labute approximate surface area is 176 Å². The van der Waals surface area contributed by atoms with E-state index in [-0.39, 0.29) is 11.5 Å². The van der Waals surface area contributed by atoms with Gasteiger partial charge in [0.2, 0.25) is 5.91 Å². The van der Waals surface area contributed by atoms with E-state index in [2.05, 4.69) is 10.3 Å². The van der Waals surface area contributed by atoms with E-state index < -0.39 is 6.04 Å². The summed E-state index contributed by atoms with van der Waals surface area (Å²) in [7, 11) is 0. The van der Waals surface area contributed by atoms with Gasteiger partial charge in [0.05, 0.1) is 11.7 Å². The lowest BCUT2D eigenvalue weighted by atomic mass is 10.2. The van der Waals surface area contributed by atoms with Crippen LogP contribution in [0, 0.1) is 6.92 Å². The smallest absolute Gasteiger partial charge is 0.262 e. The summed E-state index contributed by atoms with van der Waals surface area (Å²) >= 11 is 7.58. The molecular formula is C22H18ClN3O2S. The average Bonchev–Trinajstić information content (AvgIpc) is 3.17. The van der Waals surface area contributed by atoms with Gasteiger partial charge in [0.15, 0.2) is 0 Å². The van der Waals surface area contributed by atoms with Crippen LogP contribution in [-0.4, -0.2) is 15.5 Å². The second kappa shape index (κ2) is 7.81. The molecule has 7 heteroatoms. The molecule has 0 radical (unpaired) electrons. The highest BCUT2D eigenvalue weighted by Gasteiger charge is 2.20. The van der Waals surface area contributed by atoms with E-state index in [1.807, 2.05) is 43.3 Å². The van der Waals surface area contributed by atoms with Gasteiger partial charge in [-0.3, -0.25) is 14.2 Å². The van der Waals surface area contributed by atoms with Crippen LogP contribution in [0.4, 0.5) is 5.69 Å². The largest absolute Gasteiger partial charge is 0.324 e. The van der Waals surface area contributed by atoms with Gasteiger partial charge < -0.3 is 5.32 Å². The zero-order valence-electron chi connectivity index (χ0n) is 15.8. The van der Waals surface area contributed by atoms with Crippen LogP contribution in [0.15, 0.2) is 65.7 Å². The van der Waals surface area contributed by atoms with Crippen molar-refractivity contribution < 1.29 is 4.79 Å². The second-order valence-electron chi connectivity index (χ2n) is 6.73. The Morgan fingerprint density at radius 2 is 1.93 bits per heavy atom. The van der Waals surface area contributed by atoms with Crippen molar-refractivity contribution in [3.05, 3.63) is 81.9 Å². The fraction of sp³-hybridized carbons (Fsp3) is 0.136. The summed E-state index contributed by atoms with van der Waals surface area (Å²) in [5.74, 6) is -0.308. The summed E-state index contributed by atoms with van der Waals surface area (Å²) in [5, 5.41) is 3.93. The predicted molar refractivity (Wildman–Crippen MR) is 119 cm³/mol. The number of nitrogens with zero attached hydrogens (tertiary/aromatic N) is 2. The zero-order valence-corrected chi connectivity index (χ0v) is 17.4. The van der Waals surface area contributed by atoms with E-state index in [9.17, 15) is 9.59 Å². The molecule has 0 unspecified atom stereocenters. The van der Waals surface area contributed by atoms with E-state index in [1.165, 1.54) is 22.2 Å². The third-order valence-electron chi connectivity index (χ3n) is 4.86. The Bertz CT molecular complexity index is 1260. The molecule has 1 atom stereocenters. The Kier molecular flexibility index (Phi) is 5.22. The lowest BCUT2D eigenvalue weighted by molar-refractivity contribution is -0.118. The SMILES string of the molecule is Cc1c(Cl)cccc1NC(=O)[C@H](C)n1cnc2sc(-c3ccccc3)cc2c1=O. The summed E-state index contributed by atoms with van der Waals surface area (Å²) < 4.78 is 1.36. The van der Waals surface area contributed by atoms with Crippen molar-refractivity contribution in [2.75, 3.05) is 5.32 Å². The molecule has 0 saturated heterocycles. The lowest BCUT2D eigenvalue weighted by Gasteiger charge is -2.16. The van der Waals surface area contributed by atoms with Crippen LogP contribution in [0.25, 0.3) is 20.7 Å². The summed E-state index contributed by atoms with van der Waals surface area (Å²) in [6, 6.07) is 16.3. The quantitative estimate of drug-likeness (QED) is 0.485. The number of rotatable bonds is 4. The Morgan fingerprint density at radius 3 is 2.69 bits per heavy atom. The highest BCUT2D eigenvalue weighted by Crippen LogP contribution is 2.31. The molecule has 1 N–H and O–H groups in total. The van der Waals surface area contributed by atoms with Crippen LogP contribution in [0.3, 0.4) is 0 Å². The lowest BCUT2D eigenvalue weighted by Crippen LogP contribution is -2.31. The van der Waals surface area contributed by atoms with Gasteiger partial charge in [0.1, 0.15) is 10.9 Å². The molecule has 0 aliphatic carbocycles. The summed E-state index contributed by atoms with van der Waals surface area (Å²) in [4.78, 5) is 31.8. The molecule has 2 heterocycles. The van der Waals surface area contributed by atoms with E-state index in [1.54, 1.807) is 25.1 Å². The van der Waals surface area contributed by atoms with Gasteiger partial charge in [-0.1, -0.05) is 48.0 Å². The van der Waals surface area contributed by atoms with Crippen LogP contribution >= 0.6 is 22.9 Å². The molecule has 0 saturated carbocycles. The number of nitrogens with one attached hydrogen (secondary N) is 1. The van der Waals surface area contributed by atoms with Gasteiger partial charge >= 0.3 is 0 Å². The molecule has 0 spiro atoms. The minimum absolute atomic E-state index is 0.237. The van der Waals surface area contributed by atoms with Crippen LogP contribution in [-0.2, 0) is 4.79 Å². The first-order valence-corrected chi connectivity index (χ1v) is 10.3. The Hall–Kier alpha value is -2.96. The molecule has 5 nitrogen and oxygen atoms in total. The normalized spacial score (nSPS) is 12.1. The Balaban J connectivity index is 1.66. The fourth-order valence-electron chi connectivity index (χ4n) is 3.06. The second-order valence-corrected chi connectivity index (χ2v) is 8.17. The number of aromatic nitrogens is 2. The molecule has 0 bridgehead atoms. The number of fused-ring (bicyclic) bond motifs is 1. The topological polar surface area (TPSA) is 64.0 Å². The number of amides is 1. The monoisotopic (exact) mass is 423 g/mol. The van der Waals surface area contributed by atoms with E-state index in [4.69, 9.17) is 11.6 Å². The van der Waals surface area contributed by atoms with Crippen molar-refractivity contribution in [1.29, 1.82) is 0 Å². The van der Waals surface area contributed by atoms with Crippen molar-refractivity contribution in [2.24, 2.45) is 0 Å². The maximum absolute atomic E-state index is 13.0. The first-order chi connectivity index (χ1) is 14.0. The van der Waals surface area contributed by atoms with Crippen molar-refractivity contribution in [3.63, 3.8) is 0 Å². The minimum atomic E-state index is -0.724. The van der Waals surface area contributed by atoms with Gasteiger partial charge in [-0.15, -0.1) is 11.3 Å². The maximum Gasteiger partial charge on any atom is 0.262 e. The Morgan fingerprint density at radius 1 is 1.17 bits per heavy atom. The molecular weight excluding hydrogens is 406 g/mol. The van der Waals surface area contributed by atoms with Gasteiger partial charge in [-0.25, -0.2) is 4.98 Å². The molecule has 0 fully saturated rings. The van der Waals surface area contributed by atoms with Crippen molar-refractivity contribution >= 4 is 44.7 Å². The molecule has 4 aromatic rings. The molecule has 29 heavy (non-hydrogen) atoms. The molecule has 146 valence electrons. The summed E-state index contributed by atoms with van der Waals surface area (Å²) in [6.45, 7) is 3.51. The predicted octanol–water partition coefficient (Wildman–Crippen LogP) is 5.29. The van der Waals surface area contributed by atoms with Crippen LogP contribution in [0.2, 0.25) is 5.02 Å². The summed E-state index contributed by atoms with van der Waals surface area (Å²) in [5.41, 5.74) is 2.20. The number of halogens is 1. The van der Waals surface area contributed by atoms with E-state index in [0.717, 1.165) is 16.0 Å². The third kappa shape index (κ3) is 3.69. The number of benzene rings is 2. The molecule has 4 rings (SSSR count). The van der Waals surface area contributed by atoms with Crippen molar-refractivity contribution in [1.82, 2.24) is 9.55 Å². The third-order valence-corrected chi connectivity index (χ3v) is 6.36. The highest BCUT2D eigenvalue weighted by atomic mass is 35.5. The standard InChI is InChI=1S/C22H18ClN3O2S/c1-13-17(23)9-6-10-18(13)25-20(27)14(2)26-12-24-21-16(22(26)28)11-19(29-21)15-7-4-3-5-8-15/h3-12,14H,1-2H3,(H,25,27)/t14-/m0/s1. The van der Waals surface area contributed by atoms with E-state index >= 15 is 0 Å².